The lowest BCUT2D eigenvalue weighted by Crippen LogP contribution is -2.46. The summed E-state index contributed by atoms with van der Waals surface area (Å²) in [4.78, 5) is 68.7. The quantitative estimate of drug-likeness (QED) is 0.0421. The summed E-state index contributed by atoms with van der Waals surface area (Å²) in [7, 11) is 0. The second-order valence-corrected chi connectivity index (χ2v) is 35.8. The molecule has 8 aliphatic heterocycles. The Balaban J connectivity index is 0.000000123. The highest BCUT2D eigenvalue weighted by Gasteiger charge is 2.34. The van der Waals surface area contributed by atoms with Gasteiger partial charge in [0.15, 0.2) is 0 Å². The zero-order valence-corrected chi connectivity index (χ0v) is 74.4. The second-order valence-electron chi connectivity index (χ2n) is 34.9. The first-order chi connectivity index (χ1) is 63.0. The SMILES string of the molecule is Nc1ccnnc1.O=C1c2cc(Br)ccc2CCN1CC(O)CN1CCc2ccccc2C1.O=C1c2cc(Cc3ccnnc3)ccc2CCN1CC(O)CN1CCc2ccccc2C1.O=C1c2cc(Cc3ccnnc3)ccc2CCN1C[C@@H](O)CN1CCc2ccccc2C1.O=C1c2cc(Cc3ccnnc3)ccc2CCN1C[C@H](O)CN1CCc2ccccc2C1. The summed E-state index contributed by atoms with van der Waals surface area (Å²) in [5.41, 5.74) is 30.7. The number of rotatable bonds is 22. The molecule has 2 unspecified atom stereocenters. The standard InChI is InChI=1S/3C26H28N4O2.C21H23BrN2O2.C4H5N3/c3*31-24(17-29-11-8-21-3-1-2-4-23(21)16-29)18-30-12-9-22-6-5-19(14-25(22)26(30)32)13-20-7-10-27-28-15-20;22-18-6-5-16-8-10-24(21(26)20(16)11-18)14-19(25)13-23-9-7-15-3-1-2-4-17(15)12-23;5-4-1-2-6-7-3-4/h3*1-7,10,14-15,24,31H,8-9,11-13,16-18H2;1-6,11,19,25H,7-10,12-14H2;1-3H,(H2,5,6)/t2*24-;;;/m10.../s1. The van der Waals surface area contributed by atoms with E-state index in [0.717, 1.165) is 205 Å². The topological polar surface area (TPSA) is 304 Å². The van der Waals surface area contributed by atoms with Crippen molar-refractivity contribution in [3.05, 3.63) is 371 Å². The Bertz CT molecular complexity index is 5390. The maximum atomic E-state index is 13.2. The molecule has 4 amide bonds. The Morgan fingerprint density at radius 3 is 0.783 bits per heavy atom. The summed E-state index contributed by atoms with van der Waals surface area (Å²) in [6, 6.07) is 65.9. The summed E-state index contributed by atoms with van der Waals surface area (Å²) in [6.07, 6.45) is 20.7. The number of carbonyl (C=O) groups excluding carboxylic acids is 4. The van der Waals surface area contributed by atoms with Crippen LogP contribution in [0.25, 0.3) is 0 Å². The van der Waals surface area contributed by atoms with Crippen LogP contribution in [0.2, 0.25) is 0 Å². The van der Waals surface area contributed by atoms with Gasteiger partial charge in [0.05, 0.1) is 61.1 Å². The Morgan fingerprint density at radius 2 is 0.527 bits per heavy atom. The molecular formula is C103H112BrN17O8. The van der Waals surface area contributed by atoms with Crippen LogP contribution >= 0.6 is 15.9 Å². The predicted octanol–water partition coefficient (Wildman–Crippen LogP) is 10.4. The van der Waals surface area contributed by atoms with Crippen molar-refractivity contribution in [1.29, 1.82) is 0 Å². The number of nitrogen functional groups attached to an aromatic ring is 1. The molecule has 8 aliphatic rings. The van der Waals surface area contributed by atoms with E-state index in [-0.39, 0.29) is 23.6 Å². The Kier molecular flexibility index (Phi) is 30.7. The van der Waals surface area contributed by atoms with Crippen molar-refractivity contribution in [3.8, 4) is 0 Å². The van der Waals surface area contributed by atoms with Crippen LogP contribution in [0.4, 0.5) is 5.69 Å². The van der Waals surface area contributed by atoms with E-state index < -0.39 is 24.4 Å². The van der Waals surface area contributed by atoms with Gasteiger partial charge < -0.3 is 45.8 Å². The largest absolute Gasteiger partial charge is 0.397 e. The highest BCUT2D eigenvalue weighted by atomic mass is 79.9. The van der Waals surface area contributed by atoms with Crippen molar-refractivity contribution in [1.82, 2.24) is 80.0 Å². The van der Waals surface area contributed by atoms with Crippen LogP contribution in [-0.4, -0.2) is 253 Å². The number of aromatic nitrogens is 8. The molecule has 0 radical (unpaired) electrons. The molecule has 12 aromatic rings. The molecule has 0 saturated carbocycles. The van der Waals surface area contributed by atoms with E-state index in [2.05, 4.69) is 210 Å². The number of hydrogen-bond acceptors (Lipinski definition) is 21. The number of amides is 4. The van der Waals surface area contributed by atoms with E-state index >= 15 is 0 Å². The van der Waals surface area contributed by atoms with Crippen molar-refractivity contribution in [3.63, 3.8) is 0 Å². The van der Waals surface area contributed by atoms with Gasteiger partial charge >= 0.3 is 0 Å². The molecule has 12 heterocycles. The molecule has 664 valence electrons. The summed E-state index contributed by atoms with van der Waals surface area (Å²) in [5, 5.41) is 73.2. The zero-order valence-electron chi connectivity index (χ0n) is 72.9. The molecule has 0 bridgehead atoms. The molecule has 0 fully saturated rings. The number of anilines is 1. The molecule has 6 N–H and O–H groups in total. The van der Waals surface area contributed by atoms with Crippen LogP contribution in [0, 0.1) is 0 Å². The highest BCUT2D eigenvalue weighted by molar-refractivity contribution is 9.10. The van der Waals surface area contributed by atoms with Crippen LogP contribution in [0.1, 0.15) is 142 Å². The lowest BCUT2D eigenvalue weighted by Gasteiger charge is -2.34. The lowest BCUT2D eigenvalue weighted by atomic mass is 9.94. The van der Waals surface area contributed by atoms with Gasteiger partial charge in [-0.15, -0.1) is 0 Å². The number of halogens is 1. The number of hydrogen-bond donors (Lipinski definition) is 5. The third-order valence-electron chi connectivity index (χ3n) is 25.5. The summed E-state index contributed by atoms with van der Waals surface area (Å²) < 4.78 is 0.916. The van der Waals surface area contributed by atoms with Crippen LogP contribution in [0.15, 0.2) is 248 Å². The van der Waals surface area contributed by atoms with Crippen LogP contribution in [0.5, 0.6) is 0 Å². The average Bonchev–Trinajstić information content (AvgIpc) is 0.790. The van der Waals surface area contributed by atoms with Crippen molar-refractivity contribution < 1.29 is 39.6 Å². The van der Waals surface area contributed by atoms with Crippen LogP contribution in [-0.2, 0) is 96.8 Å². The molecule has 4 atom stereocenters. The van der Waals surface area contributed by atoms with Gasteiger partial charge in [0.25, 0.3) is 23.6 Å². The third-order valence-corrected chi connectivity index (χ3v) is 26.0. The minimum Gasteiger partial charge on any atom is -0.397 e. The number of fused-ring (bicyclic) bond motifs is 8. The van der Waals surface area contributed by atoms with Gasteiger partial charge in [-0.2, -0.15) is 40.8 Å². The normalized spacial score (nSPS) is 16.8. The van der Waals surface area contributed by atoms with E-state index in [4.69, 9.17) is 5.73 Å². The number of β-amino-alcohol motifs (C(OH)–C–C–N with tert-alkyl or cyclic N) is 4. The summed E-state index contributed by atoms with van der Waals surface area (Å²) >= 11 is 3.44. The minimum absolute atomic E-state index is 0.0176. The van der Waals surface area contributed by atoms with Crippen LogP contribution in [0.3, 0.4) is 0 Å². The van der Waals surface area contributed by atoms with Gasteiger partial charge in [-0.25, -0.2) is 0 Å². The van der Waals surface area contributed by atoms with E-state index in [0.29, 0.717) is 84.2 Å². The molecule has 129 heavy (non-hydrogen) atoms. The molecule has 0 aliphatic carbocycles. The van der Waals surface area contributed by atoms with E-state index in [9.17, 15) is 39.6 Å². The maximum absolute atomic E-state index is 13.2. The van der Waals surface area contributed by atoms with Crippen LogP contribution < -0.4 is 5.73 Å². The first-order valence-electron chi connectivity index (χ1n) is 44.9. The minimum atomic E-state index is -0.558. The Morgan fingerprint density at radius 1 is 0.271 bits per heavy atom. The van der Waals surface area contributed by atoms with Gasteiger partial charge in [-0.05, 0) is 225 Å². The number of nitrogens with zero attached hydrogens (tertiary/aromatic N) is 16. The number of nitrogens with two attached hydrogens (primary N) is 1. The second kappa shape index (κ2) is 43.8. The van der Waals surface area contributed by atoms with Gasteiger partial charge in [-0.1, -0.05) is 155 Å². The molecule has 26 heteroatoms. The van der Waals surface area contributed by atoms with E-state index in [1.807, 2.05) is 69.3 Å². The van der Waals surface area contributed by atoms with Crippen molar-refractivity contribution >= 4 is 45.2 Å². The van der Waals surface area contributed by atoms with Crippen molar-refractivity contribution in [2.24, 2.45) is 0 Å². The zero-order chi connectivity index (χ0) is 89.0. The fourth-order valence-corrected chi connectivity index (χ4v) is 19.1. The highest BCUT2D eigenvalue weighted by Crippen LogP contribution is 2.31. The Labute approximate surface area is 762 Å². The number of benzene rings is 8. The Hall–Kier alpha value is -12.1. The number of aliphatic hydroxyl groups is 4. The first-order valence-corrected chi connectivity index (χ1v) is 45.7. The van der Waals surface area contributed by atoms with E-state index in [1.54, 1.807) is 54.3 Å². The molecule has 0 saturated heterocycles. The molecule has 8 aromatic carbocycles. The fourth-order valence-electron chi connectivity index (χ4n) is 18.8. The molecule has 0 spiro atoms. The smallest absolute Gasteiger partial charge is 0.254 e. The summed E-state index contributed by atoms with van der Waals surface area (Å²) in [5.74, 6) is 0.0765. The predicted molar refractivity (Wildman–Crippen MR) is 499 cm³/mol. The molecule has 4 aromatic heterocycles. The monoisotopic (exact) mass is 1790 g/mol. The lowest BCUT2D eigenvalue weighted by molar-refractivity contribution is 0.0491. The number of aliphatic hydroxyl groups excluding tert-OH is 4. The molecule has 20 rings (SSSR count). The van der Waals surface area contributed by atoms with Gasteiger partial charge in [0.1, 0.15) is 0 Å². The van der Waals surface area contributed by atoms with E-state index in [1.165, 1.54) is 50.7 Å². The number of carbonyl (C=O) groups is 4. The van der Waals surface area contributed by atoms with Crippen molar-refractivity contribution in [2.45, 2.75) is 121 Å². The first kappa shape index (κ1) is 90.3. The van der Waals surface area contributed by atoms with Gasteiger partial charge in [0.2, 0.25) is 0 Å². The fraction of sp³-hybridized carbons (Fsp3) is 0.340. The molecule has 25 nitrogen and oxygen atoms in total. The maximum Gasteiger partial charge on any atom is 0.254 e. The summed E-state index contributed by atoms with van der Waals surface area (Å²) in [6.45, 7) is 13.7. The third kappa shape index (κ3) is 24.5. The molecular weight excluding hydrogens is 1680 g/mol. The van der Waals surface area contributed by atoms with Gasteiger partial charge in [-0.3, -0.25) is 38.8 Å². The van der Waals surface area contributed by atoms with Crippen molar-refractivity contribution in [2.75, 3.05) is 110 Å². The average molecular weight is 1800 g/mol. The van der Waals surface area contributed by atoms with Gasteiger partial charge in [0, 0.05) is 176 Å².